The molecular formula is C22H31IN4O3. The Morgan fingerprint density at radius 3 is 2.33 bits per heavy atom. The molecule has 0 aromatic heterocycles. The van der Waals surface area contributed by atoms with Crippen molar-refractivity contribution in [2.45, 2.75) is 13.0 Å². The summed E-state index contributed by atoms with van der Waals surface area (Å²) in [4.78, 5) is 18.0. The number of hydrogen-bond acceptors (Lipinski definition) is 4. The van der Waals surface area contributed by atoms with Crippen molar-refractivity contribution in [1.29, 1.82) is 0 Å². The first-order valence-corrected chi connectivity index (χ1v) is 9.61. The van der Waals surface area contributed by atoms with Crippen molar-refractivity contribution in [2.75, 3.05) is 40.9 Å². The normalized spacial score (nSPS) is 10.6. The summed E-state index contributed by atoms with van der Waals surface area (Å²) >= 11 is 0. The van der Waals surface area contributed by atoms with E-state index in [1.165, 1.54) is 0 Å². The molecule has 0 radical (unpaired) electrons. The van der Waals surface area contributed by atoms with Gasteiger partial charge in [-0.3, -0.25) is 4.79 Å². The number of carbonyl (C=O) groups is 1. The number of hydrogen-bond donors (Lipinski definition) is 2. The Balaban J connectivity index is 0.00000450. The van der Waals surface area contributed by atoms with Crippen molar-refractivity contribution < 1.29 is 14.3 Å². The molecule has 1 amide bonds. The highest BCUT2D eigenvalue weighted by atomic mass is 127. The molecule has 30 heavy (non-hydrogen) atoms. The van der Waals surface area contributed by atoms with Crippen LogP contribution in [0.2, 0.25) is 0 Å². The lowest BCUT2D eigenvalue weighted by Crippen LogP contribution is -2.43. The van der Waals surface area contributed by atoms with E-state index < -0.39 is 0 Å². The van der Waals surface area contributed by atoms with Crippen LogP contribution in [0, 0.1) is 0 Å². The summed E-state index contributed by atoms with van der Waals surface area (Å²) in [7, 11) is 5.10. The molecule has 164 valence electrons. The second-order valence-corrected chi connectivity index (χ2v) is 6.60. The third-order valence-electron chi connectivity index (χ3n) is 4.11. The van der Waals surface area contributed by atoms with Gasteiger partial charge in [0.1, 0.15) is 11.5 Å². The fraction of sp³-hybridized carbons (Fsp3) is 0.364. The maximum absolute atomic E-state index is 11.9. The van der Waals surface area contributed by atoms with Crippen LogP contribution < -0.4 is 20.1 Å². The van der Waals surface area contributed by atoms with Crippen molar-refractivity contribution in [3.05, 3.63) is 60.2 Å². The Morgan fingerprint density at radius 2 is 1.70 bits per heavy atom. The second-order valence-electron chi connectivity index (χ2n) is 6.60. The minimum Gasteiger partial charge on any atom is -0.497 e. The fourth-order valence-electron chi connectivity index (χ4n) is 2.38. The van der Waals surface area contributed by atoms with Gasteiger partial charge in [0.05, 0.1) is 26.8 Å². The highest BCUT2D eigenvalue weighted by Crippen LogP contribution is 2.12. The van der Waals surface area contributed by atoms with E-state index in [1.54, 1.807) is 26.1 Å². The summed E-state index contributed by atoms with van der Waals surface area (Å²) in [5, 5.41) is 6.34. The number of benzene rings is 2. The van der Waals surface area contributed by atoms with Crippen molar-refractivity contribution in [2.24, 2.45) is 4.99 Å². The highest BCUT2D eigenvalue weighted by molar-refractivity contribution is 14.0. The van der Waals surface area contributed by atoms with E-state index in [4.69, 9.17) is 9.47 Å². The zero-order valence-corrected chi connectivity index (χ0v) is 20.1. The molecule has 0 atom stereocenters. The first-order valence-electron chi connectivity index (χ1n) is 9.61. The zero-order chi connectivity index (χ0) is 20.9. The van der Waals surface area contributed by atoms with Gasteiger partial charge in [-0.25, -0.2) is 4.99 Å². The molecule has 0 fully saturated rings. The molecule has 0 saturated carbocycles. The SMILES string of the molecule is COc1ccc(CN=C(NCCCOc2ccccc2)NCC(=O)N(C)C)cc1.I. The van der Waals surface area contributed by atoms with E-state index in [2.05, 4.69) is 15.6 Å². The average molecular weight is 526 g/mol. The number of amides is 1. The monoisotopic (exact) mass is 526 g/mol. The second kappa shape index (κ2) is 14.5. The van der Waals surface area contributed by atoms with Gasteiger partial charge in [-0.2, -0.15) is 0 Å². The number of guanidine groups is 1. The van der Waals surface area contributed by atoms with Gasteiger partial charge < -0.3 is 25.0 Å². The van der Waals surface area contributed by atoms with E-state index in [-0.39, 0.29) is 36.4 Å². The third kappa shape index (κ3) is 9.82. The van der Waals surface area contributed by atoms with Gasteiger partial charge in [0.2, 0.25) is 5.91 Å². The number of nitrogens with one attached hydrogen (secondary N) is 2. The van der Waals surface area contributed by atoms with Crippen LogP contribution in [0.25, 0.3) is 0 Å². The van der Waals surface area contributed by atoms with Crippen LogP contribution in [-0.4, -0.2) is 57.7 Å². The first-order chi connectivity index (χ1) is 14.1. The van der Waals surface area contributed by atoms with E-state index >= 15 is 0 Å². The van der Waals surface area contributed by atoms with E-state index in [9.17, 15) is 4.79 Å². The van der Waals surface area contributed by atoms with Crippen LogP contribution in [0.4, 0.5) is 0 Å². The van der Waals surface area contributed by atoms with Gasteiger partial charge >= 0.3 is 0 Å². The van der Waals surface area contributed by atoms with Crippen molar-refractivity contribution >= 4 is 35.8 Å². The van der Waals surface area contributed by atoms with Crippen LogP contribution >= 0.6 is 24.0 Å². The third-order valence-corrected chi connectivity index (χ3v) is 4.11. The molecule has 0 saturated heterocycles. The van der Waals surface area contributed by atoms with Crippen molar-refractivity contribution in [3.63, 3.8) is 0 Å². The average Bonchev–Trinajstić information content (AvgIpc) is 2.75. The van der Waals surface area contributed by atoms with Crippen LogP contribution in [0.15, 0.2) is 59.6 Å². The van der Waals surface area contributed by atoms with Gasteiger partial charge in [-0.15, -0.1) is 24.0 Å². The molecule has 0 aliphatic carbocycles. The molecule has 0 unspecified atom stereocenters. The van der Waals surface area contributed by atoms with Crippen molar-refractivity contribution in [3.8, 4) is 11.5 Å². The van der Waals surface area contributed by atoms with Gasteiger partial charge in [0.25, 0.3) is 0 Å². The molecule has 2 aromatic rings. The van der Waals surface area contributed by atoms with Crippen molar-refractivity contribution in [1.82, 2.24) is 15.5 Å². The summed E-state index contributed by atoms with van der Waals surface area (Å²) in [6, 6.07) is 17.5. The largest absolute Gasteiger partial charge is 0.497 e. The molecule has 0 bridgehead atoms. The van der Waals surface area contributed by atoms with Crippen LogP contribution in [-0.2, 0) is 11.3 Å². The highest BCUT2D eigenvalue weighted by Gasteiger charge is 2.06. The van der Waals surface area contributed by atoms with E-state index in [1.807, 2.05) is 54.6 Å². The van der Waals surface area contributed by atoms with Crippen LogP contribution in [0.1, 0.15) is 12.0 Å². The molecular weight excluding hydrogens is 495 g/mol. The minimum absolute atomic E-state index is 0. The number of likely N-dealkylation sites (N-methyl/N-ethyl adjacent to an activating group) is 1. The Morgan fingerprint density at radius 1 is 1.00 bits per heavy atom. The lowest BCUT2D eigenvalue weighted by atomic mass is 10.2. The standard InChI is InChI=1S/C22H30N4O3.HI/c1-26(2)21(27)17-25-22(24-16-18-10-12-19(28-3)13-11-18)23-14-7-15-29-20-8-5-4-6-9-20;/h4-6,8-13H,7,14-17H2,1-3H3,(H2,23,24,25);1H. The lowest BCUT2D eigenvalue weighted by molar-refractivity contribution is -0.127. The number of methoxy groups -OCH3 is 1. The lowest BCUT2D eigenvalue weighted by Gasteiger charge is -2.15. The number of nitrogens with zero attached hydrogens (tertiary/aromatic N) is 2. The Kier molecular flexibility index (Phi) is 12.3. The number of rotatable bonds is 10. The molecule has 8 heteroatoms. The maximum Gasteiger partial charge on any atom is 0.241 e. The maximum atomic E-state index is 11.9. The molecule has 0 aliphatic rings. The fourth-order valence-corrected chi connectivity index (χ4v) is 2.38. The first kappa shape index (κ1) is 25.5. The molecule has 0 heterocycles. The summed E-state index contributed by atoms with van der Waals surface area (Å²) < 4.78 is 10.9. The molecule has 2 aromatic carbocycles. The quantitative estimate of drug-likeness (QED) is 0.216. The predicted molar refractivity (Wildman–Crippen MR) is 131 cm³/mol. The molecule has 2 rings (SSSR count). The predicted octanol–water partition coefficient (Wildman–Crippen LogP) is 2.91. The van der Waals surface area contributed by atoms with Crippen LogP contribution in [0.3, 0.4) is 0 Å². The van der Waals surface area contributed by atoms with E-state index in [0.29, 0.717) is 25.7 Å². The molecule has 2 N–H and O–H groups in total. The molecule has 7 nitrogen and oxygen atoms in total. The smallest absolute Gasteiger partial charge is 0.241 e. The summed E-state index contributed by atoms with van der Waals surface area (Å²) in [6.45, 7) is 1.95. The Hall–Kier alpha value is -2.49. The Bertz CT molecular complexity index is 768. The minimum atomic E-state index is -0.0173. The summed E-state index contributed by atoms with van der Waals surface area (Å²) in [6.07, 6.45) is 0.805. The number of carbonyl (C=O) groups excluding carboxylic acids is 1. The van der Waals surface area contributed by atoms with E-state index in [0.717, 1.165) is 23.5 Å². The number of ether oxygens (including phenoxy) is 2. The molecule has 0 aliphatic heterocycles. The topological polar surface area (TPSA) is 75.2 Å². The summed E-state index contributed by atoms with van der Waals surface area (Å²) in [5.41, 5.74) is 1.05. The Labute approximate surface area is 195 Å². The molecule has 0 spiro atoms. The number of aliphatic imine (C=N–C) groups is 1. The number of halogens is 1. The summed E-state index contributed by atoms with van der Waals surface area (Å²) in [5.74, 6) is 2.24. The van der Waals surface area contributed by atoms with Gasteiger partial charge in [0.15, 0.2) is 5.96 Å². The zero-order valence-electron chi connectivity index (χ0n) is 17.8. The van der Waals surface area contributed by atoms with Gasteiger partial charge in [0, 0.05) is 20.6 Å². The van der Waals surface area contributed by atoms with Gasteiger partial charge in [-0.05, 0) is 36.2 Å². The number of para-hydroxylation sites is 1. The van der Waals surface area contributed by atoms with Crippen LogP contribution in [0.5, 0.6) is 11.5 Å². The van der Waals surface area contributed by atoms with Gasteiger partial charge in [-0.1, -0.05) is 30.3 Å².